The van der Waals surface area contributed by atoms with Crippen LogP contribution in [0.2, 0.25) is 0 Å². The van der Waals surface area contributed by atoms with Gasteiger partial charge in [-0.2, -0.15) is 0 Å². The predicted octanol–water partition coefficient (Wildman–Crippen LogP) is 0.918. The zero-order valence-electron chi connectivity index (χ0n) is 9.61. The number of rotatable bonds is 7. The van der Waals surface area contributed by atoms with Gasteiger partial charge < -0.3 is 15.0 Å². The first-order chi connectivity index (χ1) is 7.24. The van der Waals surface area contributed by atoms with Crippen molar-refractivity contribution >= 4 is 0 Å². The van der Waals surface area contributed by atoms with Gasteiger partial charge in [-0.1, -0.05) is 6.92 Å². The van der Waals surface area contributed by atoms with E-state index in [9.17, 15) is 0 Å². The van der Waals surface area contributed by atoms with Gasteiger partial charge in [0.1, 0.15) is 0 Å². The first-order valence-corrected chi connectivity index (χ1v) is 5.50. The minimum absolute atomic E-state index is 0.293. The number of hydrogen-bond donors (Lipinski definition) is 2. The molecule has 1 unspecified atom stereocenters. The normalized spacial score (nSPS) is 13.0. The van der Waals surface area contributed by atoms with Crippen LogP contribution in [0.1, 0.15) is 25.5 Å². The Morgan fingerprint density at radius 2 is 2.40 bits per heavy atom. The molecular weight excluding hydrogens is 190 g/mol. The highest BCUT2D eigenvalue weighted by molar-refractivity contribution is 4.96. The van der Waals surface area contributed by atoms with Crippen molar-refractivity contribution in [3.8, 4) is 0 Å². The first-order valence-electron chi connectivity index (χ1n) is 5.50. The maximum atomic E-state index is 8.85. The summed E-state index contributed by atoms with van der Waals surface area (Å²) in [6.45, 7) is 4.22. The number of aliphatic hydroxyl groups excluding tert-OH is 1. The summed E-state index contributed by atoms with van der Waals surface area (Å²) in [4.78, 5) is 4.05. The number of nitrogens with one attached hydrogen (secondary N) is 1. The van der Waals surface area contributed by atoms with Gasteiger partial charge in [0.2, 0.25) is 0 Å². The van der Waals surface area contributed by atoms with E-state index >= 15 is 0 Å². The number of aliphatic hydroxyl groups is 1. The van der Waals surface area contributed by atoms with Crippen LogP contribution >= 0.6 is 0 Å². The molecule has 1 rings (SSSR count). The molecule has 0 radical (unpaired) electrons. The maximum Gasteiger partial charge on any atom is 0.0945 e. The van der Waals surface area contributed by atoms with Crippen LogP contribution in [0.5, 0.6) is 0 Å². The van der Waals surface area contributed by atoms with Crippen molar-refractivity contribution in [1.29, 1.82) is 0 Å². The average Bonchev–Trinajstić information content (AvgIpc) is 2.63. The smallest absolute Gasteiger partial charge is 0.0945 e. The van der Waals surface area contributed by atoms with Crippen molar-refractivity contribution < 1.29 is 5.11 Å². The van der Waals surface area contributed by atoms with Gasteiger partial charge in [-0.15, -0.1) is 0 Å². The van der Waals surface area contributed by atoms with Crippen LogP contribution in [-0.4, -0.2) is 27.8 Å². The van der Waals surface area contributed by atoms with Gasteiger partial charge >= 0.3 is 0 Å². The summed E-state index contributed by atoms with van der Waals surface area (Å²) in [5.41, 5.74) is 1.20. The van der Waals surface area contributed by atoms with E-state index < -0.39 is 0 Å². The Labute approximate surface area is 91.3 Å². The Morgan fingerprint density at radius 1 is 1.60 bits per heavy atom. The fourth-order valence-electron chi connectivity index (χ4n) is 1.44. The lowest BCUT2D eigenvalue weighted by Gasteiger charge is -2.08. The SMILES string of the molecule is CC(CO)CCCNCc1cncn1C. The van der Waals surface area contributed by atoms with Gasteiger partial charge in [0, 0.05) is 26.4 Å². The second kappa shape index (κ2) is 6.58. The molecule has 0 fully saturated rings. The molecule has 1 aromatic heterocycles. The number of aryl methyl sites for hydroxylation is 1. The molecule has 0 saturated carbocycles. The molecule has 1 atom stereocenters. The van der Waals surface area contributed by atoms with Crippen molar-refractivity contribution in [1.82, 2.24) is 14.9 Å². The molecule has 4 nitrogen and oxygen atoms in total. The second-order valence-electron chi connectivity index (χ2n) is 4.10. The van der Waals surface area contributed by atoms with Crippen molar-refractivity contribution in [2.45, 2.75) is 26.3 Å². The number of aromatic nitrogens is 2. The molecule has 2 N–H and O–H groups in total. The Kier molecular flexibility index (Phi) is 5.36. The van der Waals surface area contributed by atoms with Gasteiger partial charge in [-0.3, -0.25) is 0 Å². The molecule has 0 amide bonds. The molecule has 1 heterocycles. The van der Waals surface area contributed by atoms with Gasteiger partial charge in [0.25, 0.3) is 0 Å². The predicted molar refractivity (Wildman–Crippen MR) is 60.4 cm³/mol. The van der Waals surface area contributed by atoms with E-state index in [1.807, 2.05) is 24.1 Å². The van der Waals surface area contributed by atoms with E-state index in [4.69, 9.17) is 5.11 Å². The Balaban J connectivity index is 2.05. The first kappa shape index (κ1) is 12.2. The summed E-state index contributed by atoms with van der Waals surface area (Å²) in [5, 5.41) is 12.2. The quantitative estimate of drug-likeness (QED) is 0.659. The van der Waals surface area contributed by atoms with E-state index in [2.05, 4.69) is 17.2 Å². The molecule has 0 saturated heterocycles. The Morgan fingerprint density at radius 3 is 3.00 bits per heavy atom. The summed E-state index contributed by atoms with van der Waals surface area (Å²) in [7, 11) is 2.00. The summed E-state index contributed by atoms with van der Waals surface area (Å²) >= 11 is 0. The number of hydrogen-bond acceptors (Lipinski definition) is 3. The zero-order chi connectivity index (χ0) is 11.1. The Hall–Kier alpha value is -0.870. The molecule has 86 valence electrons. The molecule has 0 aliphatic heterocycles. The minimum atomic E-state index is 0.293. The highest BCUT2D eigenvalue weighted by Gasteiger charge is 2.00. The molecular formula is C11H21N3O. The fraction of sp³-hybridized carbons (Fsp3) is 0.727. The highest BCUT2D eigenvalue weighted by atomic mass is 16.3. The number of imidazole rings is 1. The summed E-state index contributed by atoms with van der Waals surface area (Å²) < 4.78 is 2.02. The van der Waals surface area contributed by atoms with Crippen LogP contribution in [0.4, 0.5) is 0 Å². The van der Waals surface area contributed by atoms with E-state index in [1.54, 1.807) is 0 Å². The lowest BCUT2D eigenvalue weighted by molar-refractivity contribution is 0.228. The molecule has 0 spiro atoms. The Bertz CT molecular complexity index is 273. The molecule has 0 aliphatic carbocycles. The topological polar surface area (TPSA) is 50.1 Å². The van der Waals surface area contributed by atoms with Crippen LogP contribution < -0.4 is 5.32 Å². The largest absolute Gasteiger partial charge is 0.396 e. The van der Waals surface area contributed by atoms with Crippen molar-refractivity contribution in [3.05, 3.63) is 18.2 Å². The molecule has 0 bridgehead atoms. The highest BCUT2D eigenvalue weighted by Crippen LogP contribution is 2.03. The second-order valence-corrected chi connectivity index (χ2v) is 4.10. The van der Waals surface area contributed by atoms with E-state index in [0.29, 0.717) is 12.5 Å². The molecule has 15 heavy (non-hydrogen) atoms. The van der Waals surface area contributed by atoms with E-state index in [-0.39, 0.29) is 0 Å². The molecule has 0 aliphatic rings. The lowest BCUT2D eigenvalue weighted by Crippen LogP contribution is -2.17. The molecule has 4 heteroatoms. The lowest BCUT2D eigenvalue weighted by atomic mass is 10.1. The number of nitrogens with zero attached hydrogens (tertiary/aromatic N) is 2. The zero-order valence-corrected chi connectivity index (χ0v) is 9.61. The minimum Gasteiger partial charge on any atom is -0.396 e. The van der Waals surface area contributed by atoms with E-state index in [0.717, 1.165) is 25.9 Å². The summed E-state index contributed by atoms with van der Waals surface area (Å²) in [6.07, 6.45) is 5.88. The molecule has 0 aromatic carbocycles. The third kappa shape index (κ3) is 4.44. The summed E-state index contributed by atoms with van der Waals surface area (Å²) in [5.74, 6) is 0.420. The van der Waals surface area contributed by atoms with Crippen LogP contribution in [0.25, 0.3) is 0 Å². The van der Waals surface area contributed by atoms with Crippen molar-refractivity contribution in [2.75, 3.05) is 13.2 Å². The van der Waals surface area contributed by atoms with Gasteiger partial charge in [-0.25, -0.2) is 4.98 Å². The van der Waals surface area contributed by atoms with Gasteiger partial charge in [0.05, 0.1) is 12.0 Å². The van der Waals surface area contributed by atoms with Crippen molar-refractivity contribution in [2.24, 2.45) is 13.0 Å². The standard InChI is InChI=1S/C11H21N3O/c1-10(8-15)4-3-5-12-6-11-7-13-9-14(11)2/h7,9-10,12,15H,3-6,8H2,1-2H3. The fourth-order valence-corrected chi connectivity index (χ4v) is 1.44. The third-order valence-corrected chi connectivity index (χ3v) is 2.58. The van der Waals surface area contributed by atoms with Gasteiger partial charge in [0.15, 0.2) is 0 Å². The van der Waals surface area contributed by atoms with Crippen LogP contribution in [0.15, 0.2) is 12.5 Å². The average molecular weight is 211 g/mol. The summed E-state index contributed by atoms with van der Waals surface area (Å²) in [6, 6.07) is 0. The monoisotopic (exact) mass is 211 g/mol. The van der Waals surface area contributed by atoms with Crippen LogP contribution in [0.3, 0.4) is 0 Å². The van der Waals surface area contributed by atoms with Crippen molar-refractivity contribution in [3.63, 3.8) is 0 Å². The van der Waals surface area contributed by atoms with Crippen LogP contribution in [-0.2, 0) is 13.6 Å². The third-order valence-electron chi connectivity index (χ3n) is 2.58. The molecule has 1 aromatic rings. The maximum absolute atomic E-state index is 8.85. The van der Waals surface area contributed by atoms with Gasteiger partial charge in [-0.05, 0) is 25.3 Å². The van der Waals surface area contributed by atoms with E-state index in [1.165, 1.54) is 5.69 Å². The van der Waals surface area contributed by atoms with Crippen LogP contribution in [0, 0.1) is 5.92 Å².